The van der Waals surface area contributed by atoms with Crippen molar-refractivity contribution in [1.82, 2.24) is 9.97 Å². The zero-order valence-corrected chi connectivity index (χ0v) is 12.6. The predicted octanol–water partition coefficient (Wildman–Crippen LogP) is 4.19. The van der Waals surface area contributed by atoms with Crippen molar-refractivity contribution in [2.45, 2.75) is 0 Å². The molecule has 0 saturated heterocycles. The van der Waals surface area contributed by atoms with Gasteiger partial charge in [-0.2, -0.15) is 0 Å². The Labute approximate surface area is 137 Å². The molecular formula is C17H11ClFN3O. The molecule has 3 rings (SSSR count). The van der Waals surface area contributed by atoms with E-state index in [0.29, 0.717) is 22.4 Å². The average Bonchev–Trinajstić information content (AvgIpc) is 2.55. The number of rotatable bonds is 3. The summed E-state index contributed by atoms with van der Waals surface area (Å²) in [5.74, 6) is -0.694. The van der Waals surface area contributed by atoms with Crippen molar-refractivity contribution in [1.29, 1.82) is 0 Å². The first kappa shape index (κ1) is 15.1. The van der Waals surface area contributed by atoms with Gasteiger partial charge in [-0.05, 0) is 24.3 Å². The van der Waals surface area contributed by atoms with Crippen LogP contribution < -0.4 is 5.32 Å². The molecule has 1 amide bonds. The molecule has 23 heavy (non-hydrogen) atoms. The lowest BCUT2D eigenvalue weighted by atomic mass is 10.1. The first-order valence-corrected chi connectivity index (χ1v) is 7.14. The molecular weight excluding hydrogens is 317 g/mol. The van der Waals surface area contributed by atoms with Crippen LogP contribution in [0.2, 0.25) is 5.15 Å². The normalized spacial score (nSPS) is 10.3. The van der Waals surface area contributed by atoms with Gasteiger partial charge in [-0.3, -0.25) is 9.78 Å². The molecule has 2 heterocycles. The number of nitrogens with zero attached hydrogens (tertiary/aromatic N) is 2. The van der Waals surface area contributed by atoms with Crippen LogP contribution in [0.4, 0.5) is 10.1 Å². The predicted molar refractivity (Wildman–Crippen MR) is 86.8 cm³/mol. The van der Waals surface area contributed by atoms with Crippen LogP contribution in [0.25, 0.3) is 11.1 Å². The molecule has 0 atom stereocenters. The Morgan fingerprint density at radius 2 is 1.96 bits per heavy atom. The van der Waals surface area contributed by atoms with Gasteiger partial charge in [0.05, 0.1) is 11.9 Å². The summed E-state index contributed by atoms with van der Waals surface area (Å²) in [5.41, 5.74) is 1.83. The number of anilines is 1. The number of carbonyl (C=O) groups excluding carboxylic acids is 1. The maximum Gasteiger partial charge on any atom is 0.255 e. The van der Waals surface area contributed by atoms with Gasteiger partial charge in [0.1, 0.15) is 11.0 Å². The Balaban J connectivity index is 1.86. The summed E-state index contributed by atoms with van der Waals surface area (Å²) in [7, 11) is 0. The summed E-state index contributed by atoms with van der Waals surface area (Å²) in [5, 5.41) is 2.94. The fourth-order valence-corrected chi connectivity index (χ4v) is 2.27. The van der Waals surface area contributed by atoms with Crippen molar-refractivity contribution in [3.05, 3.63) is 77.6 Å². The minimum Gasteiger partial charge on any atom is -0.321 e. The Hall–Kier alpha value is -2.79. The fraction of sp³-hybridized carbons (Fsp3) is 0. The van der Waals surface area contributed by atoms with Gasteiger partial charge in [-0.1, -0.05) is 29.8 Å². The molecule has 4 nitrogen and oxygen atoms in total. The van der Waals surface area contributed by atoms with Gasteiger partial charge in [0.25, 0.3) is 5.91 Å². The third kappa shape index (κ3) is 3.52. The second-order valence-corrected chi connectivity index (χ2v) is 5.15. The van der Waals surface area contributed by atoms with Gasteiger partial charge in [0, 0.05) is 29.1 Å². The lowest BCUT2D eigenvalue weighted by Gasteiger charge is -2.08. The van der Waals surface area contributed by atoms with Crippen LogP contribution >= 0.6 is 11.6 Å². The number of carbonyl (C=O) groups is 1. The van der Waals surface area contributed by atoms with Crippen molar-refractivity contribution in [2.24, 2.45) is 0 Å². The Morgan fingerprint density at radius 1 is 1.13 bits per heavy atom. The molecule has 1 aromatic carbocycles. The SMILES string of the molecule is O=C(Nc1cncc(-c2ccccc2F)c1)c1ccnc(Cl)c1. The monoisotopic (exact) mass is 327 g/mol. The Morgan fingerprint density at radius 3 is 2.74 bits per heavy atom. The number of hydrogen-bond acceptors (Lipinski definition) is 3. The summed E-state index contributed by atoms with van der Waals surface area (Å²) >= 11 is 5.77. The van der Waals surface area contributed by atoms with Gasteiger partial charge in [-0.15, -0.1) is 0 Å². The molecule has 0 aliphatic rings. The van der Waals surface area contributed by atoms with Gasteiger partial charge < -0.3 is 5.32 Å². The maximum absolute atomic E-state index is 13.8. The smallest absolute Gasteiger partial charge is 0.255 e. The van der Waals surface area contributed by atoms with E-state index in [4.69, 9.17) is 11.6 Å². The van der Waals surface area contributed by atoms with Crippen molar-refractivity contribution in [3.8, 4) is 11.1 Å². The van der Waals surface area contributed by atoms with E-state index in [1.807, 2.05) is 0 Å². The molecule has 0 radical (unpaired) electrons. The van der Waals surface area contributed by atoms with Crippen molar-refractivity contribution >= 4 is 23.2 Å². The minimum atomic E-state index is -0.348. The number of nitrogens with one attached hydrogen (secondary N) is 1. The van der Waals surface area contributed by atoms with Gasteiger partial charge in [0.15, 0.2) is 0 Å². The highest BCUT2D eigenvalue weighted by Crippen LogP contribution is 2.24. The quantitative estimate of drug-likeness (QED) is 0.734. The van der Waals surface area contributed by atoms with E-state index in [9.17, 15) is 9.18 Å². The van der Waals surface area contributed by atoms with Gasteiger partial charge in [-0.25, -0.2) is 9.37 Å². The van der Waals surface area contributed by atoms with Crippen molar-refractivity contribution < 1.29 is 9.18 Å². The number of benzene rings is 1. The molecule has 114 valence electrons. The summed E-state index contributed by atoms with van der Waals surface area (Å²) in [4.78, 5) is 20.1. The van der Waals surface area contributed by atoms with Crippen LogP contribution in [0.15, 0.2) is 61.1 Å². The average molecular weight is 328 g/mol. The summed E-state index contributed by atoms with van der Waals surface area (Å²) in [6.07, 6.45) is 4.48. The molecule has 3 aromatic rings. The first-order chi connectivity index (χ1) is 11.1. The second kappa shape index (κ2) is 6.54. The lowest BCUT2D eigenvalue weighted by molar-refractivity contribution is 0.102. The maximum atomic E-state index is 13.8. The van der Waals surface area contributed by atoms with Crippen molar-refractivity contribution in [3.63, 3.8) is 0 Å². The van der Waals surface area contributed by atoms with Crippen LogP contribution in [-0.4, -0.2) is 15.9 Å². The zero-order chi connectivity index (χ0) is 16.2. The molecule has 0 aliphatic heterocycles. The van der Waals surface area contributed by atoms with Crippen LogP contribution in [0.3, 0.4) is 0 Å². The first-order valence-electron chi connectivity index (χ1n) is 6.76. The topological polar surface area (TPSA) is 54.9 Å². The molecule has 0 spiro atoms. The van der Waals surface area contributed by atoms with Crippen LogP contribution in [0, 0.1) is 5.82 Å². The summed E-state index contributed by atoms with van der Waals surface area (Å²) in [6, 6.07) is 11.1. The van der Waals surface area contributed by atoms with Crippen LogP contribution in [0.1, 0.15) is 10.4 Å². The number of pyridine rings is 2. The van der Waals surface area contributed by atoms with Crippen molar-refractivity contribution in [2.75, 3.05) is 5.32 Å². The van der Waals surface area contributed by atoms with Crippen LogP contribution in [-0.2, 0) is 0 Å². The van der Waals surface area contributed by atoms with E-state index in [1.54, 1.807) is 30.3 Å². The zero-order valence-electron chi connectivity index (χ0n) is 11.8. The minimum absolute atomic E-state index is 0.232. The molecule has 0 unspecified atom stereocenters. The molecule has 6 heteroatoms. The highest BCUT2D eigenvalue weighted by atomic mass is 35.5. The molecule has 0 saturated carbocycles. The molecule has 0 bridgehead atoms. The number of halogens is 2. The Bertz CT molecular complexity index is 870. The third-order valence-electron chi connectivity index (χ3n) is 3.17. The molecule has 0 aliphatic carbocycles. The van der Waals surface area contributed by atoms with E-state index in [2.05, 4.69) is 15.3 Å². The summed E-state index contributed by atoms with van der Waals surface area (Å²) in [6.45, 7) is 0. The van der Waals surface area contributed by atoms with E-state index in [-0.39, 0.29) is 16.9 Å². The number of amides is 1. The summed E-state index contributed by atoms with van der Waals surface area (Å²) < 4.78 is 13.8. The second-order valence-electron chi connectivity index (χ2n) is 4.76. The molecule has 2 aromatic heterocycles. The standard InChI is InChI=1S/C17H11ClFN3O/c18-16-8-11(5-6-21-16)17(23)22-13-7-12(9-20-10-13)14-3-1-2-4-15(14)19/h1-10H,(H,22,23). The van der Waals surface area contributed by atoms with Gasteiger partial charge >= 0.3 is 0 Å². The van der Waals surface area contributed by atoms with E-state index in [0.717, 1.165) is 0 Å². The highest BCUT2D eigenvalue weighted by Gasteiger charge is 2.09. The van der Waals surface area contributed by atoms with E-state index in [1.165, 1.54) is 30.7 Å². The third-order valence-corrected chi connectivity index (χ3v) is 3.38. The van der Waals surface area contributed by atoms with Gasteiger partial charge in [0.2, 0.25) is 0 Å². The highest BCUT2D eigenvalue weighted by molar-refractivity contribution is 6.29. The Kier molecular flexibility index (Phi) is 4.30. The lowest BCUT2D eigenvalue weighted by Crippen LogP contribution is -2.12. The molecule has 0 fully saturated rings. The largest absolute Gasteiger partial charge is 0.321 e. The fourth-order valence-electron chi connectivity index (χ4n) is 2.10. The van der Waals surface area contributed by atoms with Crippen LogP contribution in [0.5, 0.6) is 0 Å². The number of aromatic nitrogens is 2. The molecule has 1 N–H and O–H groups in total. The number of hydrogen-bond donors (Lipinski definition) is 1. The van der Waals surface area contributed by atoms with E-state index < -0.39 is 0 Å². The van der Waals surface area contributed by atoms with E-state index >= 15 is 0 Å².